The van der Waals surface area contributed by atoms with Gasteiger partial charge < -0.3 is 39.0 Å². The number of benzene rings is 2. The molecule has 11 heteroatoms. The van der Waals surface area contributed by atoms with Gasteiger partial charge in [0.05, 0.1) is 53.1 Å². The van der Waals surface area contributed by atoms with Gasteiger partial charge in [0.15, 0.2) is 16.8 Å². The molecule has 3 aliphatic rings. The van der Waals surface area contributed by atoms with Crippen LogP contribution in [-0.2, 0) is 9.47 Å². The molecule has 2 aromatic carbocycles. The molecule has 2 saturated heterocycles. The van der Waals surface area contributed by atoms with Gasteiger partial charge in [0.2, 0.25) is 5.78 Å². The fourth-order valence-electron chi connectivity index (χ4n) is 8.00. The van der Waals surface area contributed by atoms with Crippen molar-refractivity contribution in [3.05, 3.63) is 79.2 Å². The first kappa shape index (κ1) is 36.1. The molecule has 0 unspecified atom stereocenters. The van der Waals surface area contributed by atoms with E-state index in [0.717, 1.165) is 0 Å². The van der Waals surface area contributed by atoms with Gasteiger partial charge in [-0.05, 0) is 111 Å². The van der Waals surface area contributed by atoms with Gasteiger partial charge in [0.25, 0.3) is 0 Å². The maximum atomic E-state index is 14.9. The Morgan fingerprint density at radius 1 is 0.920 bits per heavy atom. The number of fused-ring (bicyclic) bond motifs is 4. The number of aromatic hydroxyl groups is 1. The molecule has 268 valence electrons. The van der Waals surface area contributed by atoms with Crippen molar-refractivity contribution >= 4 is 28.1 Å². The van der Waals surface area contributed by atoms with Crippen molar-refractivity contribution in [3.8, 4) is 5.75 Å². The van der Waals surface area contributed by atoms with Crippen LogP contribution in [-0.4, -0.2) is 101 Å². The Kier molecular flexibility index (Phi) is 9.24. The molecule has 11 nitrogen and oxygen atoms in total. The minimum absolute atomic E-state index is 0.0102. The molecule has 1 aliphatic carbocycles. The van der Waals surface area contributed by atoms with E-state index in [0.29, 0.717) is 23.1 Å². The van der Waals surface area contributed by atoms with Crippen LogP contribution < -0.4 is 5.43 Å². The van der Waals surface area contributed by atoms with E-state index in [1.807, 2.05) is 44.9 Å². The molecule has 6 rings (SSSR count). The summed E-state index contributed by atoms with van der Waals surface area (Å²) in [6.45, 7) is 10.7. The maximum absolute atomic E-state index is 14.9. The summed E-state index contributed by atoms with van der Waals surface area (Å²) >= 11 is 0. The first-order chi connectivity index (χ1) is 23.4. The van der Waals surface area contributed by atoms with E-state index in [1.54, 1.807) is 52.8 Å². The van der Waals surface area contributed by atoms with E-state index < -0.39 is 59.5 Å². The van der Waals surface area contributed by atoms with Crippen LogP contribution >= 0.6 is 0 Å². The van der Waals surface area contributed by atoms with Gasteiger partial charge in [-0.1, -0.05) is 6.08 Å². The number of phenols is 1. The quantitative estimate of drug-likeness (QED) is 0.268. The number of phenolic OH excluding ortho intramolecular Hbond substituents is 1. The monoisotopic (exact) mass is 688 g/mol. The van der Waals surface area contributed by atoms with Gasteiger partial charge in [-0.3, -0.25) is 14.4 Å². The van der Waals surface area contributed by atoms with Gasteiger partial charge in [-0.2, -0.15) is 0 Å². The number of hydrogen-bond donors (Lipinski definition) is 3. The van der Waals surface area contributed by atoms with Crippen LogP contribution in [0.1, 0.15) is 114 Å². The number of carbonyl (C=O) groups is 2. The lowest BCUT2D eigenvalue weighted by Crippen LogP contribution is -2.59. The molecule has 2 fully saturated rings. The summed E-state index contributed by atoms with van der Waals surface area (Å²) in [6, 6.07) is 4.29. The number of aliphatic hydroxyl groups is 2. The van der Waals surface area contributed by atoms with Crippen LogP contribution in [0.4, 0.5) is 0 Å². The van der Waals surface area contributed by atoms with Crippen molar-refractivity contribution < 1.29 is 38.8 Å². The van der Waals surface area contributed by atoms with Crippen molar-refractivity contribution in [2.24, 2.45) is 0 Å². The molecule has 2 aliphatic heterocycles. The smallest absolute Gasteiger partial charge is 0.202 e. The Morgan fingerprint density at radius 3 is 2.20 bits per heavy atom. The second-order valence-corrected chi connectivity index (χ2v) is 14.9. The molecule has 3 N–H and O–H groups in total. The van der Waals surface area contributed by atoms with E-state index in [-0.39, 0.29) is 62.4 Å². The van der Waals surface area contributed by atoms with Crippen LogP contribution in [0.25, 0.3) is 16.5 Å². The minimum Gasteiger partial charge on any atom is -0.507 e. The van der Waals surface area contributed by atoms with Gasteiger partial charge in [-0.25, -0.2) is 0 Å². The zero-order chi connectivity index (χ0) is 36.7. The standard InChI is InChI=1S/C39H48N2O9/c1-11-17(2)26-15-25(42)29-18(3)12-23-31(37(29)50-26)36(46)32-30(35(23)45)21(27-14-24(40(7)8)33(43)19(4)48-27)13-22(34(32)44)28-16-39(6,41(9)10)38(47)20(5)49-28/h11-13,15,19-20,24,27-28,33,38,43-44,47H,14,16H2,1-10H3/b17-11+/t19-,20+,24+,27-,28+,33+,38+,39-/m1/s1. The zero-order valence-corrected chi connectivity index (χ0v) is 30.5. The highest BCUT2D eigenvalue weighted by atomic mass is 16.5. The highest BCUT2D eigenvalue weighted by Gasteiger charge is 2.49. The van der Waals surface area contributed by atoms with Crippen LogP contribution in [0.15, 0.2) is 33.5 Å². The third-order valence-corrected chi connectivity index (χ3v) is 11.5. The summed E-state index contributed by atoms with van der Waals surface area (Å²) in [6.07, 6.45) is -2.05. The van der Waals surface area contributed by atoms with Crippen LogP contribution in [0.3, 0.4) is 0 Å². The van der Waals surface area contributed by atoms with Gasteiger partial charge in [0, 0.05) is 34.3 Å². The Hall–Kier alpha value is -3.71. The number of hydrogen-bond acceptors (Lipinski definition) is 11. The van der Waals surface area contributed by atoms with E-state index in [1.165, 1.54) is 6.07 Å². The first-order valence-electron chi connectivity index (χ1n) is 17.2. The third kappa shape index (κ3) is 5.46. The molecule has 8 atom stereocenters. The molecule has 50 heavy (non-hydrogen) atoms. The van der Waals surface area contributed by atoms with E-state index in [2.05, 4.69) is 0 Å². The van der Waals surface area contributed by atoms with E-state index >= 15 is 0 Å². The summed E-state index contributed by atoms with van der Waals surface area (Å²) in [5, 5.41) is 34.5. The number of ketones is 2. The average molecular weight is 689 g/mol. The van der Waals surface area contributed by atoms with Gasteiger partial charge in [0.1, 0.15) is 11.5 Å². The normalized spacial score (nSPS) is 30.3. The molecular formula is C39H48N2O9. The van der Waals surface area contributed by atoms with Crippen LogP contribution in [0.2, 0.25) is 0 Å². The first-order valence-corrected chi connectivity index (χ1v) is 17.2. The molecule has 0 saturated carbocycles. The highest BCUT2D eigenvalue weighted by Crippen LogP contribution is 2.49. The van der Waals surface area contributed by atoms with Crippen molar-refractivity contribution in [2.45, 2.75) is 103 Å². The predicted octanol–water partition coefficient (Wildman–Crippen LogP) is 4.68. The number of allylic oxidation sites excluding steroid dienone is 2. The Balaban J connectivity index is 1.65. The van der Waals surface area contributed by atoms with Crippen molar-refractivity contribution in [1.82, 2.24) is 9.80 Å². The summed E-state index contributed by atoms with van der Waals surface area (Å²) in [5.41, 5.74) is 0.492. The predicted molar refractivity (Wildman–Crippen MR) is 189 cm³/mol. The zero-order valence-electron chi connectivity index (χ0n) is 30.5. The highest BCUT2D eigenvalue weighted by molar-refractivity contribution is 6.33. The maximum Gasteiger partial charge on any atom is 0.202 e. The third-order valence-electron chi connectivity index (χ3n) is 11.5. The molecule has 3 aromatic rings. The number of aliphatic hydroxyl groups excluding tert-OH is 2. The summed E-state index contributed by atoms with van der Waals surface area (Å²) < 4.78 is 19.0. The van der Waals surface area contributed by atoms with Crippen molar-refractivity contribution in [2.75, 3.05) is 28.2 Å². The molecular weight excluding hydrogens is 640 g/mol. The number of rotatable bonds is 5. The van der Waals surface area contributed by atoms with E-state index in [9.17, 15) is 29.7 Å². The minimum atomic E-state index is -0.847. The molecule has 3 heterocycles. The molecule has 1 aromatic heterocycles. The number of likely N-dealkylation sites (N-methyl/N-ethyl adjacent to an activating group) is 2. The number of aryl methyl sites for hydroxylation is 1. The summed E-state index contributed by atoms with van der Waals surface area (Å²) in [7, 11) is 7.46. The second kappa shape index (κ2) is 12.8. The number of ether oxygens (including phenoxy) is 2. The van der Waals surface area contributed by atoms with Gasteiger partial charge >= 0.3 is 0 Å². The molecule has 0 radical (unpaired) electrons. The van der Waals surface area contributed by atoms with Crippen molar-refractivity contribution in [1.29, 1.82) is 0 Å². The Labute approximate surface area is 292 Å². The van der Waals surface area contributed by atoms with Crippen LogP contribution in [0, 0.1) is 6.92 Å². The number of carbonyl (C=O) groups excluding carboxylic acids is 2. The Bertz CT molecular complexity index is 2000. The fourth-order valence-corrected chi connectivity index (χ4v) is 8.00. The number of nitrogens with zero attached hydrogens (tertiary/aromatic N) is 2. The largest absolute Gasteiger partial charge is 0.507 e. The summed E-state index contributed by atoms with van der Waals surface area (Å²) in [4.78, 5) is 47.0. The lowest BCUT2D eigenvalue weighted by Gasteiger charge is -2.49. The lowest BCUT2D eigenvalue weighted by atomic mass is 9.74. The second-order valence-electron chi connectivity index (χ2n) is 14.9. The fraction of sp³-hybridized carbons (Fsp3) is 0.513. The summed E-state index contributed by atoms with van der Waals surface area (Å²) in [5.74, 6) is -1.31. The molecule has 0 amide bonds. The van der Waals surface area contributed by atoms with Gasteiger partial charge in [-0.15, -0.1) is 0 Å². The molecule has 0 bridgehead atoms. The lowest BCUT2D eigenvalue weighted by molar-refractivity contribution is -0.176. The van der Waals surface area contributed by atoms with Crippen LogP contribution in [0.5, 0.6) is 5.75 Å². The SMILES string of the molecule is C/C=C(\C)c1cc(=O)c2c(C)cc3c(c2o1)C(=O)c1c(O)c([C@@H]2C[C@@](C)(N(C)C)[C@@H](O)[C@H](C)O2)cc([C@H]2C[C@H](N(C)C)[C@@H](O)[C@@H](C)O2)c1C3=O. The van der Waals surface area contributed by atoms with Crippen molar-refractivity contribution in [3.63, 3.8) is 0 Å². The average Bonchev–Trinajstić information content (AvgIpc) is 3.05. The van der Waals surface area contributed by atoms with E-state index in [4.69, 9.17) is 13.9 Å². The Morgan fingerprint density at radius 2 is 1.58 bits per heavy atom. The topological polar surface area (TPSA) is 150 Å². The molecule has 0 spiro atoms.